The molecule has 116 valence electrons. The highest BCUT2D eigenvalue weighted by Crippen LogP contribution is 2.39. The summed E-state index contributed by atoms with van der Waals surface area (Å²) < 4.78 is 11.5. The molecule has 0 amide bonds. The van der Waals surface area contributed by atoms with Crippen LogP contribution in [0.25, 0.3) is 0 Å². The molecule has 3 nitrogen and oxygen atoms in total. The Morgan fingerprint density at radius 3 is 2.86 bits per heavy atom. The van der Waals surface area contributed by atoms with Gasteiger partial charge >= 0.3 is 0 Å². The number of fused-ring (bicyclic) bond motifs is 1. The number of hydrogen-bond acceptors (Lipinski definition) is 3. The largest absolute Gasteiger partial charge is 0.487 e. The number of aliphatic hydroxyl groups is 1. The zero-order valence-electron chi connectivity index (χ0n) is 13.3. The first-order valence-corrected chi connectivity index (χ1v) is 8.08. The van der Waals surface area contributed by atoms with Gasteiger partial charge in [-0.25, -0.2) is 0 Å². The standard InChI is InChI=1S/C18H26O3/c1-4-20-15-7-12(8-15)9-16(19)13-5-6-17-14(10-13)11-18(2,3)21-17/h5-6,10,12,15-16,19H,4,7-9,11H2,1-3H3. The van der Waals surface area contributed by atoms with Crippen LogP contribution in [0.1, 0.15) is 57.3 Å². The van der Waals surface area contributed by atoms with Crippen molar-refractivity contribution >= 4 is 0 Å². The van der Waals surface area contributed by atoms with Crippen molar-refractivity contribution in [1.82, 2.24) is 0 Å². The Balaban J connectivity index is 1.58. The van der Waals surface area contributed by atoms with Gasteiger partial charge in [0, 0.05) is 13.0 Å². The summed E-state index contributed by atoms with van der Waals surface area (Å²) in [5, 5.41) is 10.5. The van der Waals surface area contributed by atoms with E-state index in [2.05, 4.69) is 19.9 Å². The second-order valence-electron chi connectivity index (χ2n) is 7.07. The van der Waals surface area contributed by atoms with E-state index >= 15 is 0 Å². The Morgan fingerprint density at radius 2 is 2.14 bits per heavy atom. The van der Waals surface area contributed by atoms with Gasteiger partial charge in [-0.05, 0) is 69.2 Å². The summed E-state index contributed by atoms with van der Waals surface area (Å²) in [7, 11) is 0. The number of ether oxygens (including phenoxy) is 2. The predicted molar refractivity (Wildman–Crippen MR) is 82.6 cm³/mol. The van der Waals surface area contributed by atoms with Crippen molar-refractivity contribution in [3.63, 3.8) is 0 Å². The quantitative estimate of drug-likeness (QED) is 0.900. The van der Waals surface area contributed by atoms with Gasteiger partial charge in [-0.2, -0.15) is 0 Å². The van der Waals surface area contributed by atoms with E-state index in [1.165, 1.54) is 5.56 Å². The molecular formula is C18H26O3. The lowest BCUT2D eigenvalue weighted by molar-refractivity contribution is -0.0380. The first-order chi connectivity index (χ1) is 9.97. The van der Waals surface area contributed by atoms with Crippen LogP contribution in [0.3, 0.4) is 0 Å². The molecule has 3 heteroatoms. The van der Waals surface area contributed by atoms with E-state index in [1.807, 2.05) is 19.1 Å². The van der Waals surface area contributed by atoms with Gasteiger partial charge in [-0.1, -0.05) is 6.07 Å². The molecule has 0 bridgehead atoms. The summed E-state index contributed by atoms with van der Waals surface area (Å²) >= 11 is 0. The molecule has 1 N–H and O–H groups in total. The van der Waals surface area contributed by atoms with Crippen LogP contribution >= 0.6 is 0 Å². The topological polar surface area (TPSA) is 38.7 Å². The summed E-state index contributed by atoms with van der Waals surface area (Å²) in [5.41, 5.74) is 2.12. The molecule has 1 saturated carbocycles. The third-order valence-corrected chi connectivity index (χ3v) is 4.62. The van der Waals surface area contributed by atoms with Crippen molar-refractivity contribution in [3.8, 4) is 5.75 Å². The summed E-state index contributed by atoms with van der Waals surface area (Å²) in [6.07, 6.45) is 3.98. The van der Waals surface area contributed by atoms with E-state index in [0.29, 0.717) is 12.0 Å². The molecule has 1 aromatic carbocycles. The fourth-order valence-corrected chi connectivity index (χ4v) is 3.53. The maximum absolute atomic E-state index is 10.5. The molecule has 1 aromatic rings. The van der Waals surface area contributed by atoms with E-state index in [0.717, 1.165) is 43.6 Å². The molecule has 1 atom stereocenters. The third-order valence-electron chi connectivity index (χ3n) is 4.62. The lowest BCUT2D eigenvalue weighted by Gasteiger charge is -2.36. The monoisotopic (exact) mass is 290 g/mol. The van der Waals surface area contributed by atoms with Crippen molar-refractivity contribution in [3.05, 3.63) is 29.3 Å². The van der Waals surface area contributed by atoms with Gasteiger partial charge in [0.25, 0.3) is 0 Å². The number of rotatable bonds is 5. The van der Waals surface area contributed by atoms with E-state index in [-0.39, 0.29) is 11.7 Å². The number of aliphatic hydroxyl groups excluding tert-OH is 1. The molecule has 3 rings (SSSR count). The number of hydrogen-bond donors (Lipinski definition) is 1. The lowest BCUT2D eigenvalue weighted by atomic mass is 9.77. The average molecular weight is 290 g/mol. The minimum atomic E-state index is -0.369. The summed E-state index contributed by atoms with van der Waals surface area (Å²) in [5.74, 6) is 1.56. The molecule has 2 aliphatic rings. The first-order valence-electron chi connectivity index (χ1n) is 8.08. The summed E-state index contributed by atoms with van der Waals surface area (Å²) in [4.78, 5) is 0. The molecule has 21 heavy (non-hydrogen) atoms. The van der Waals surface area contributed by atoms with Gasteiger partial charge in [0.2, 0.25) is 0 Å². The molecule has 1 fully saturated rings. The van der Waals surface area contributed by atoms with Crippen molar-refractivity contribution in [2.75, 3.05) is 6.61 Å². The zero-order valence-corrected chi connectivity index (χ0v) is 13.3. The van der Waals surface area contributed by atoms with Crippen molar-refractivity contribution in [2.45, 2.75) is 64.3 Å². The van der Waals surface area contributed by atoms with E-state index in [4.69, 9.17) is 9.47 Å². The molecule has 1 aliphatic carbocycles. The molecule has 0 saturated heterocycles. The number of benzene rings is 1. The maximum atomic E-state index is 10.5. The highest BCUT2D eigenvalue weighted by molar-refractivity contribution is 5.42. The molecule has 1 unspecified atom stereocenters. The predicted octanol–water partition coefficient (Wildman–Crippen LogP) is 3.64. The molecule has 0 spiro atoms. The fourth-order valence-electron chi connectivity index (χ4n) is 3.53. The van der Waals surface area contributed by atoms with Crippen LogP contribution in [0.2, 0.25) is 0 Å². The lowest BCUT2D eigenvalue weighted by Crippen LogP contribution is -2.32. The van der Waals surface area contributed by atoms with E-state index in [1.54, 1.807) is 0 Å². The molecule has 0 radical (unpaired) electrons. The van der Waals surface area contributed by atoms with E-state index in [9.17, 15) is 5.11 Å². The highest BCUT2D eigenvalue weighted by atomic mass is 16.5. The SMILES string of the molecule is CCOC1CC(CC(O)c2ccc3c(c2)CC(C)(C)O3)C1. The van der Waals surface area contributed by atoms with Crippen molar-refractivity contribution in [1.29, 1.82) is 0 Å². The van der Waals surface area contributed by atoms with Crippen LogP contribution in [-0.2, 0) is 11.2 Å². The molecular weight excluding hydrogens is 264 g/mol. The van der Waals surface area contributed by atoms with Crippen molar-refractivity contribution in [2.24, 2.45) is 5.92 Å². The maximum Gasteiger partial charge on any atom is 0.123 e. The van der Waals surface area contributed by atoms with Crippen LogP contribution in [-0.4, -0.2) is 23.4 Å². The normalized spacial score (nSPS) is 27.6. The third kappa shape index (κ3) is 3.24. The Hall–Kier alpha value is -1.06. The Bertz CT molecular complexity index is 503. The van der Waals surface area contributed by atoms with Crippen LogP contribution in [0.5, 0.6) is 5.75 Å². The molecule has 0 aromatic heterocycles. The van der Waals surface area contributed by atoms with Crippen LogP contribution < -0.4 is 4.74 Å². The van der Waals surface area contributed by atoms with Gasteiger partial charge in [-0.3, -0.25) is 0 Å². The summed E-state index contributed by atoms with van der Waals surface area (Å²) in [6, 6.07) is 6.13. The van der Waals surface area contributed by atoms with Gasteiger partial charge in [0.1, 0.15) is 11.4 Å². The van der Waals surface area contributed by atoms with Crippen LogP contribution in [0, 0.1) is 5.92 Å². The average Bonchev–Trinajstić information content (AvgIpc) is 2.68. The second-order valence-corrected chi connectivity index (χ2v) is 7.07. The van der Waals surface area contributed by atoms with E-state index < -0.39 is 0 Å². The van der Waals surface area contributed by atoms with Gasteiger partial charge in [-0.15, -0.1) is 0 Å². The van der Waals surface area contributed by atoms with Gasteiger partial charge in [0.05, 0.1) is 12.2 Å². The minimum Gasteiger partial charge on any atom is -0.487 e. The first kappa shape index (κ1) is 14.9. The molecule has 1 aliphatic heterocycles. The van der Waals surface area contributed by atoms with Crippen molar-refractivity contribution < 1.29 is 14.6 Å². The fraction of sp³-hybridized carbons (Fsp3) is 0.667. The zero-order chi connectivity index (χ0) is 15.0. The van der Waals surface area contributed by atoms with Crippen LogP contribution in [0.15, 0.2) is 18.2 Å². The highest BCUT2D eigenvalue weighted by Gasteiger charge is 2.33. The van der Waals surface area contributed by atoms with Crippen LogP contribution in [0.4, 0.5) is 0 Å². The summed E-state index contributed by atoms with van der Waals surface area (Å²) in [6.45, 7) is 7.04. The Kier molecular flexibility index (Phi) is 3.98. The van der Waals surface area contributed by atoms with Gasteiger partial charge < -0.3 is 14.6 Å². The second kappa shape index (κ2) is 5.62. The molecule has 1 heterocycles. The minimum absolute atomic E-state index is 0.120. The van der Waals surface area contributed by atoms with Gasteiger partial charge in [0.15, 0.2) is 0 Å². The Labute approximate surface area is 127 Å². The Morgan fingerprint density at radius 1 is 1.38 bits per heavy atom. The smallest absolute Gasteiger partial charge is 0.123 e.